The minimum Gasteiger partial charge on any atom is -0.495 e. The van der Waals surface area contributed by atoms with E-state index in [-0.39, 0.29) is 27.5 Å². The molecule has 164 valence electrons. The first-order valence-corrected chi connectivity index (χ1v) is 11.1. The van der Waals surface area contributed by atoms with Crippen molar-refractivity contribution in [2.75, 3.05) is 32.1 Å². The van der Waals surface area contributed by atoms with E-state index >= 15 is 0 Å². The summed E-state index contributed by atoms with van der Waals surface area (Å²) in [7, 11) is -2.37. The minimum atomic E-state index is -3.75. The largest absolute Gasteiger partial charge is 0.495 e. The lowest BCUT2D eigenvalue weighted by Crippen LogP contribution is -2.37. The Kier molecular flexibility index (Phi) is 6.42. The van der Waals surface area contributed by atoms with Gasteiger partial charge in [0.1, 0.15) is 12.3 Å². The van der Waals surface area contributed by atoms with Crippen molar-refractivity contribution < 1.29 is 27.5 Å². The normalized spacial score (nSPS) is 13.5. The molecule has 3 amide bonds. The summed E-state index contributed by atoms with van der Waals surface area (Å²) < 4.78 is 32.1. The van der Waals surface area contributed by atoms with Crippen LogP contribution in [0.5, 0.6) is 5.75 Å². The number of rotatable bonds is 8. The first kappa shape index (κ1) is 22.4. The molecule has 0 fully saturated rings. The second-order valence-corrected chi connectivity index (χ2v) is 8.68. The number of hydrogen-bond donors (Lipinski definition) is 1. The highest BCUT2D eigenvalue weighted by Crippen LogP contribution is 2.29. The summed E-state index contributed by atoms with van der Waals surface area (Å²) in [5.41, 5.74) is 0.604. The van der Waals surface area contributed by atoms with Gasteiger partial charge in [-0.2, -0.15) is 4.31 Å². The summed E-state index contributed by atoms with van der Waals surface area (Å²) in [5.74, 6) is -1.53. The maximum atomic E-state index is 12.8. The molecule has 3 rings (SSSR count). The van der Waals surface area contributed by atoms with E-state index in [1.165, 1.54) is 41.7 Å². The lowest BCUT2D eigenvalue weighted by molar-refractivity contribution is -0.116. The molecule has 0 aliphatic carbocycles. The van der Waals surface area contributed by atoms with Crippen LogP contribution < -0.4 is 10.1 Å². The molecule has 2 aromatic carbocycles. The Morgan fingerprint density at radius 2 is 1.61 bits per heavy atom. The molecule has 1 aliphatic heterocycles. The standard InChI is InChI=1S/C21H23N3O6S/c1-4-23(5-2)31(28,29)14-10-11-18(30-3)17(12-14)22-19(25)13-24-20(26)15-8-6-7-9-16(15)21(24)27/h6-12H,4-5,13H2,1-3H3,(H,22,25). The van der Waals surface area contributed by atoms with Crippen LogP contribution in [-0.2, 0) is 14.8 Å². The lowest BCUT2D eigenvalue weighted by Gasteiger charge is -2.20. The van der Waals surface area contributed by atoms with Gasteiger partial charge in [0.25, 0.3) is 11.8 Å². The zero-order valence-corrected chi connectivity index (χ0v) is 18.2. The van der Waals surface area contributed by atoms with E-state index in [0.717, 1.165) is 4.90 Å². The van der Waals surface area contributed by atoms with E-state index in [1.807, 2.05) is 0 Å². The van der Waals surface area contributed by atoms with E-state index < -0.39 is 34.3 Å². The number of carbonyl (C=O) groups excluding carboxylic acids is 3. The van der Waals surface area contributed by atoms with Crippen LogP contribution in [0.3, 0.4) is 0 Å². The molecule has 1 heterocycles. The minimum absolute atomic E-state index is 0.00645. The van der Waals surface area contributed by atoms with Crippen molar-refractivity contribution in [2.24, 2.45) is 0 Å². The van der Waals surface area contributed by atoms with Crippen LogP contribution in [-0.4, -0.2) is 62.1 Å². The number of carbonyl (C=O) groups is 3. The Morgan fingerprint density at radius 3 is 2.13 bits per heavy atom. The van der Waals surface area contributed by atoms with Crippen molar-refractivity contribution >= 4 is 33.4 Å². The number of anilines is 1. The van der Waals surface area contributed by atoms with Gasteiger partial charge < -0.3 is 10.1 Å². The average Bonchev–Trinajstić information content (AvgIpc) is 2.99. The quantitative estimate of drug-likeness (QED) is 0.622. The van der Waals surface area contributed by atoms with Gasteiger partial charge in [0.05, 0.1) is 28.8 Å². The van der Waals surface area contributed by atoms with E-state index in [0.29, 0.717) is 13.1 Å². The molecule has 0 unspecified atom stereocenters. The summed E-state index contributed by atoms with van der Waals surface area (Å²) in [6, 6.07) is 10.5. The number of nitrogens with zero attached hydrogens (tertiary/aromatic N) is 2. The van der Waals surface area contributed by atoms with Crippen molar-refractivity contribution in [3.05, 3.63) is 53.6 Å². The molecule has 0 saturated carbocycles. The maximum absolute atomic E-state index is 12.8. The van der Waals surface area contributed by atoms with Gasteiger partial charge in [0.15, 0.2) is 0 Å². The average molecular weight is 445 g/mol. The van der Waals surface area contributed by atoms with Crippen molar-refractivity contribution in [3.63, 3.8) is 0 Å². The summed E-state index contributed by atoms with van der Waals surface area (Å²) in [4.78, 5) is 38.4. The van der Waals surface area contributed by atoms with Crippen LogP contribution in [0.25, 0.3) is 0 Å². The Hall–Kier alpha value is -3.24. The number of sulfonamides is 1. The van der Waals surface area contributed by atoms with Crippen molar-refractivity contribution in [2.45, 2.75) is 18.7 Å². The number of fused-ring (bicyclic) bond motifs is 1. The van der Waals surface area contributed by atoms with Crippen LogP contribution in [0.1, 0.15) is 34.6 Å². The number of imide groups is 1. The molecule has 31 heavy (non-hydrogen) atoms. The van der Waals surface area contributed by atoms with Gasteiger partial charge in [0, 0.05) is 13.1 Å². The summed E-state index contributed by atoms with van der Waals surface area (Å²) in [5, 5.41) is 2.55. The first-order chi connectivity index (χ1) is 14.7. The Balaban J connectivity index is 1.83. The van der Waals surface area contributed by atoms with E-state index in [4.69, 9.17) is 4.74 Å². The van der Waals surface area contributed by atoms with Crippen molar-refractivity contribution in [1.29, 1.82) is 0 Å². The fraction of sp³-hybridized carbons (Fsp3) is 0.286. The molecule has 0 atom stereocenters. The number of ether oxygens (including phenoxy) is 1. The summed E-state index contributed by atoms with van der Waals surface area (Å²) in [6.45, 7) is 3.55. The van der Waals surface area contributed by atoms with E-state index in [1.54, 1.807) is 26.0 Å². The Bertz CT molecular complexity index is 1110. The van der Waals surface area contributed by atoms with Crippen LogP contribution in [0.2, 0.25) is 0 Å². The number of amides is 3. The molecular formula is C21H23N3O6S. The Labute approximate surface area is 180 Å². The smallest absolute Gasteiger partial charge is 0.262 e. The highest BCUT2D eigenvalue weighted by molar-refractivity contribution is 7.89. The van der Waals surface area contributed by atoms with Crippen molar-refractivity contribution in [1.82, 2.24) is 9.21 Å². The third-order valence-electron chi connectivity index (χ3n) is 4.97. The van der Waals surface area contributed by atoms with Crippen LogP contribution in [0, 0.1) is 0 Å². The number of benzene rings is 2. The predicted molar refractivity (Wildman–Crippen MR) is 114 cm³/mol. The monoisotopic (exact) mass is 445 g/mol. The molecule has 10 heteroatoms. The zero-order valence-electron chi connectivity index (χ0n) is 17.4. The van der Waals surface area contributed by atoms with E-state index in [2.05, 4.69) is 5.32 Å². The predicted octanol–water partition coefficient (Wildman–Crippen LogP) is 1.96. The maximum Gasteiger partial charge on any atom is 0.262 e. The van der Waals surface area contributed by atoms with Gasteiger partial charge in [-0.3, -0.25) is 19.3 Å². The number of methoxy groups -OCH3 is 1. The van der Waals surface area contributed by atoms with E-state index in [9.17, 15) is 22.8 Å². The molecule has 1 N–H and O–H groups in total. The molecule has 0 spiro atoms. The fourth-order valence-electron chi connectivity index (χ4n) is 3.37. The van der Waals surface area contributed by atoms with Gasteiger partial charge in [-0.05, 0) is 30.3 Å². The molecular weight excluding hydrogens is 422 g/mol. The zero-order chi connectivity index (χ0) is 22.8. The second kappa shape index (κ2) is 8.86. The fourth-order valence-corrected chi connectivity index (χ4v) is 4.86. The molecule has 0 radical (unpaired) electrons. The van der Waals surface area contributed by atoms with Gasteiger partial charge in [0.2, 0.25) is 15.9 Å². The Morgan fingerprint density at radius 1 is 1.03 bits per heavy atom. The topological polar surface area (TPSA) is 113 Å². The first-order valence-electron chi connectivity index (χ1n) is 9.67. The third-order valence-corrected chi connectivity index (χ3v) is 7.01. The van der Waals surface area contributed by atoms with Crippen LogP contribution in [0.15, 0.2) is 47.4 Å². The summed E-state index contributed by atoms with van der Waals surface area (Å²) >= 11 is 0. The molecule has 0 bridgehead atoms. The third kappa shape index (κ3) is 4.17. The molecule has 0 saturated heterocycles. The van der Waals surface area contributed by atoms with Crippen molar-refractivity contribution in [3.8, 4) is 5.75 Å². The number of hydrogen-bond acceptors (Lipinski definition) is 6. The van der Waals surface area contributed by atoms with Gasteiger partial charge in [-0.25, -0.2) is 8.42 Å². The lowest BCUT2D eigenvalue weighted by atomic mass is 10.1. The van der Waals surface area contributed by atoms with Crippen LogP contribution in [0.4, 0.5) is 5.69 Å². The molecule has 2 aromatic rings. The second-order valence-electron chi connectivity index (χ2n) is 6.74. The highest BCUT2D eigenvalue weighted by Gasteiger charge is 2.36. The number of nitrogens with one attached hydrogen (secondary N) is 1. The van der Waals surface area contributed by atoms with Gasteiger partial charge in [-0.15, -0.1) is 0 Å². The van der Waals surface area contributed by atoms with Gasteiger partial charge >= 0.3 is 0 Å². The van der Waals surface area contributed by atoms with Gasteiger partial charge in [-0.1, -0.05) is 26.0 Å². The summed E-state index contributed by atoms with van der Waals surface area (Å²) in [6.07, 6.45) is 0. The molecule has 0 aromatic heterocycles. The molecule has 9 nitrogen and oxygen atoms in total. The SMILES string of the molecule is CCN(CC)S(=O)(=O)c1ccc(OC)c(NC(=O)CN2C(=O)c3ccccc3C2=O)c1. The van der Waals surface area contributed by atoms with Crippen LogP contribution >= 0.6 is 0 Å². The highest BCUT2D eigenvalue weighted by atomic mass is 32.2. The molecule has 1 aliphatic rings.